The normalized spacial score (nSPS) is 27.0. The third kappa shape index (κ3) is 4.42. The fourth-order valence-corrected chi connectivity index (χ4v) is 3.93. The van der Waals surface area contributed by atoms with Crippen molar-refractivity contribution in [3.8, 4) is 0 Å². The van der Waals surface area contributed by atoms with Crippen LogP contribution in [0.2, 0.25) is 0 Å². The van der Waals surface area contributed by atoms with Gasteiger partial charge in [0.15, 0.2) is 5.82 Å². The van der Waals surface area contributed by atoms with E-state index >= 15 is 0 Å². The number of hydrogen-bond acceptors (Lipinski definition) is 5. The summed E-state index contributed by atoms with van der Waals surface area (Å²) in [5.74, 6) is 1.81. The maximum atomic E-state index is 5.81. The molecule has 2 aliphatic heterocycles. The number of piperidine rings is 1. The van der Waals surface area contributed by atoms with Gasteiger partial charge >= 0.3 is 0 Å². The predicted molar refractivity (Wildman–Crippen MR) is 92.7 cm³/mol. The first kappa shape index (κ1) is 16.7. The van der Waals surface area contributed by atoms with E-state index in [0.29, 0.717) is 12.1 Å². The van der Waals surface area contributed by atoms with Gasteiger partial charge in [0, 0.05) is 45.5 Å². The second-order valence-electron chi connectivity index (χ2n) is 7.02. The summed E-state index contributed by atoms with van der Waals surface area (Å²) in [4.78, 5) is 4.95. The third-order valence-corrected chi connectivity index (χ3v) is 5.47. The van der Waals surface area contributed by atoms with Crippen LogP contribution in [0.1, 0.15) is 39.0 Å². The molecule has 0 saturated carbocycles. The van der Waals surface area contributed by atoms with Crippen LogP contribution >= 0.6 is 0 Å². The van der Waals surface area contributed by atoms with Gasteiger partial charge in [0.25, 0.3) is 0 Å². The lowest BCUT2D eigenvalue weighted by atomic mass is 9.92. The second-order valence-corrected chi connectivity index (χ2v) is 7.02. The van der Waals surface area contributed by atoms with Crippen LogP contribution in [0.3, 0.4) is 0 Å². The van der Waals surface area contributed by atoms with Gasteiger partial charge in [-0.05, 0) is 50.2 Å². The van der Waals surface area contributed by atoms with Crippen LogP contribution in [-0.4, -0.2) is 60.5 Å². The number of hydrogen-bond donors (Lipinski definition) is 0. The Hall–Kier alpha value is -1.20. The van der Waals surface area contributed by atoms with Crippen molar-refractivity contribution in [2.75, 3.05) is 38.2 Å². The first-order valence-corrected chi connectivity index (χ1v) is 9.10. The Balaban J connectivity index is 1.45. The van der Waals surface area contributed by atoms with Crippen molar-refractivity contribution in [3.05, 3.63) is 18.3 Å². The monoisotopic (exact) mass is 318 g/mol. The van der Waals surface area contributed by atoms with E-state index in [9.17, 15) is 0 Å². The van der Waals surface area contributed by atoms with Crippen molar-refractivity contribution in [3.63, 3.8) is 0 Å². The minimum absolute atomic E-state index is 0.495. The molecule has 1 aromatic rings. The number of rotatable bonds is 5. The molecule has 1 aromatic heterocycles. The zero-order valence-electron chi connectivity index (χ0n) is 14.5. The van der Waals surface area contributed by atoms with Crippen molar-refractivity contribution in [1.29, 1.82) is 0 Å². The largest absolute Gasteiger partial charge is 0.378 e. The quantitative estimate of drug-likeness (QED) is 0.835. The summed E-state index contributed by atoms with van der Waals surface area (Å²) in [6.45, 7) is 6.84. The molecule has 0 spiro atoms. The van der Waals surface area contributed by atoms with Crippen LogP contribution < -0.4 is 4.90 Å². The van der Waals surface area contributed by atoms with Crippen LogP contribution in [0.15, 0.2) is 18.3 Å². The smallest absolute Gasteiger partial charge is 0.151 e. The Morgan fingerprint density at radius 2 is 2.13 bits per heavy atom. The van der Waals surface area contributed by atoms with Crippen molar-refractivity contribution >= 4 is 5.82 Å². The number of likely N-dealkylation sites (tertiary alicyclic amines) is 1. The van der Waals surface area contributed by atoms with Gasteiger partial charge in [-0.15, -0.1) is 5.10 Å². The van der Waals surface area contributed by atoms with Gasteiger partial charge in [0.2, 0.25) is 0 Å². The molecule has 0 unspecified atom stereocenters. The van der Waals surface area contributed by atoms with Crippen LogP contribution in [0.4, 0.5) is 5.82 Å². The molecule has 0 radical (unpaired) electrons. The summed E-state index contributed by atoms with van der Waals surface area (Å²) in [5.41, 5.74) is 0. The van der Waals surface area contributed by atoms with Crippen LogP contribution in [0, 0.1) is 5.92 Å². The minimum Gasteiger partial charge on any atom is -0.378 e. The summed E-state index contributed by atoms with van der Waals surface area (Å²) in [6, 6.07) is 4.59. The molecule has 0 bridgehead atoms. The summed E-state index contributed by atoms with van der Waals surface area (Å²) in [7, 11) is 2.15. The zero-order chi connectivity index (χ0) is 16.1. The molecule has 3 heterocycles. The molecule has 3 rings (SSSR count). The van der Waals surface area contributed by atoms with Crippen molar-refractivity contribution in [2.45, 2.75) is 51.2 Å². The molecular weight excluding hydrogens is 288 g/mol. The highest BCUT2D eigenvalue weighted by atomic mass is 16.5. The summed E-state index contributed by atoms with van der Waals surface area (Å²) in [6.07, 6.45) is 8.29. The maximum Gasteiger partial charge on any atom is 0.151 e. The van der Waals surface area contributed by atoms with Gasteiger partial charge in [0.05, 0.1) is 6.10 Å². The van der Waals surface area contributed by atoms with E-state index < -0.39 is 0 Å². The maximum absolute atomic E-state index is 5.81. The van der Waals surface area contributed by atoms with E-state index in [1.165, 1.54) is 45.3 Å². The van der Waals surface area contributed by atoms with Crippen molar-refractivity contribution in [1.82, 2.24) is 15.1 Å². The van der Waals surface area contributed by atoms with Gasteiger partial charge in [0.1, 0.15) is 0 Å². The predicted octanol–water partition coefficient (Wildman–Crippen LogP) is 2.58. The van der Waals surface area contributed by atoms with Crippen molar-refractivity contribution in [2.24, 2.45) is 5.92 Å². The fraction of sp³-hybridized carbons (Fsp3) is 0.778. The van der Waals surface area contributed by atoms with E-state index in [0.717, 1.165) is 24.8 Å². The highest BCUT2D eigenvalue weighted by Gasteiger charge is 2.27. The topological polar surface area (TPSA) is 41.5 Å². The number of ether oxygens (including phenoxy) is 1. The van der Waals surface area contributed by atoms with Gasteiger partial charge in [-0.2, -0.15) is 5.10 Å². The van der Waals surface area contributed by atoms with E-state index in [4.69, 9.17) is 4.74 Å². The Morgan fingerprint density at radius 3 is 2.83 bits per heavy atom. The minimum atomic E-state index is 0.495. The lowest BCUT2D eigenvalue weighted by Crippen LogP contribution is -2.45. The van der Waals surface area contributed by atoms with E-state index in [-0.39, 0.29) is 0 Å². The lowest BCUT2D eigenvalue weighted by molar-refractivity contribution is -0.0190. The molecule has 2 atom stereocenters. The standard InChI is InChI=1S/C18H30N4O/c1-3-17-13-15(8-12-23-17)14-22-10-6-16(7-11-22)21(2)18-5-4-9-19-20-18/h4-5,9,15-17H,3,6-8,10-14H2,1-2H3/t15-,17+/m1/s1. The molecule has 2 fully saturated rings. The zero-order valence-corrected chi connectivity index (χ0v) is 14.5. The first-order chi connectivity index (χ1) is 11.3. The van der Waals surface area contributed by atoms with E-state index in [2.05, 4.69) is 34.0 Å². The first-order valence-electron chi connectivity index (χ1n) is 9.10. The Morgan fingerprint density at radius 1 is 1.30 bits per heavy atom. The molecule has 5 heteroatoms. The molecule has 0 aliphatic carbocycles. The van der Waals surface area contributed by atoms with E-state index in [1.807, 2.05) is 12.1 Å². The average molecular weight is 318 g/mol. The number of nitrogens with zero attached hydrogens (tertiary/aromatic N) is 4. The van der Waals surface area contributed by atoms with Crippen LogP contribution in [-0.2, 0) is 4.74 Å². The highest BCUT2D eigenvalue weighted by molar-refractivity contribution is 5.36. The molecule has 2 saturated heterocycles. The Bertz CT molecular complexity index is 461. The number of aromatic nitrogens is 2. The van der Waals surface area contributed by atoms with Gasteiger partial charge < -0.3 is 14.5 Å². The molecule has 23 heavy (non-hydrogen) atoms. The van der Waals surface area contributed by atoms with Crippen LogP contribution in [0.25, 0.3) is 0 Å². The summed E-state index contributed by atoms with van der Waals surface area (Å²) < 4.78 is 5.81. The number of anilines is 1. The molecule has 128 valence electrons. The van der Waals surface area contributed by atoms with Gasteiger partial charge in [-0.25, -0.2) is 0 Å². The molecule has 0 aromatic carbocycles. The molecule has 5 nitrogen and oxygen atoms in total. The van der Waals surface area contributed by atoms with Crippen LogP contribution in [0.5, 0.6) is 0 Å². The molecule has 0 N–H and O–H groups in total. The summed E-state index contributed by atoms with van der Waals surface area (Å²) >= 11 is 0. The Labute approximate surface area is 140 Å². The lowest BCUT2D eigenvalue weighted by Gasteiger charge is -2.39. The van der Waals surface area contributed by atoms with Gasteiger partial charge in [-0.3, -0.25) is 0 Å². The highest BCUT2D eigenvalue weighted by Crippen LogP contribution is 2.25. The van der Waals surface area contributed by atoms with E-state index in [1.54, 1.807) is 6.20 Å². The summed E-state index contributed by atoms with van der Waals surface area (Å²) in [5, 5.41) is 8.23. The average Bonchev–Trinajstić information content (AvgIpc) is 2.63. The molecule has 0 amide bonds. The van der Waals surface area contributed by atoms with Gasteiger partial charge in [-0.1, -0.05) is 6.92 Å². The van der Waals surface area contributed by atoms with Crippen molar-refractivity contribution < 1.29 is 4.74 Å². The SMILES string of the molecule is CC[C@H]1C[C@H](CN2CCC(N(C)c3cccnn3)CC2)CCO1. The Kier molecular flexibility index (Phi) is 5.84. The molecule has 2 aliphatic rings. The molecular formula is C18H30N4O. The second kappa shape index (κ2) is 8.06. The fourth-order valence-electron chi connectivity index (χ4n) is 3.93. The third-order valence-electron chi connectivity index (χ3n) is 5.47.